The molecule has 0 N–H and O–H groups in total. The smallest absolute Gasteiger partial charge is 0.254 e. The van der Waals surface area contributed by atoms with E-state index in [0.29, 0.717) is 18.7 Å². The summed E-state index contributed by atoms with van der Waals surface area (Å²) in [5.41, 5.74) is 0.698. The van der Waals surface area contributed by atoms with E-state index < -0.39 is 0 Å². The van der Waals surface area contributed by atoms with Crippen molar-refractivity contribution in [3.63, 3.8) is 0 Å². The number of carbonyl (C=O) groups is 1. The van der Waals surface area contributed by atoms with Gasteiger partial charge in [-0.05, 0) is 37.6 Å². The lowest BCUT2D eigenvalue weighted by Crippen LogP contribution is -2.40. The topological polar surface area (TPSA) is 29.5 Å². The van der Waals surface area contributed by atoms with E-state index in [4.69, 9.17) is 4.74 Å². The van der Waals surface area contributed by atoms with Crippen LogP contribution in [0.1, 0.15) is 30.6 Å². The van der Waals surface area contributed by atoms with Crippen molar-refractivity contribution in [3.05, 3.63) is 29.8 Å². The zero-order valence-corrected chi connectivity index (χ0v) is 12.1. The Morgan fingerprint density at radius 2 is 2.00 bits per heavy atom. The average Bonchev–Trinajstić information content (AvgIpc) is 2.39. The van der Waals surface area contributed by atoms with Crippen LogP contribution in [0.4, 0.5) is 0 Å². The number of benzene rings is 1. The van der Waals surface area contributed by atoms with Gasteiger partial charge in [0.15, 0.2) is 0 Å². The number of nitrogens with zero attached hydrogens (tertiary/aromatic N) is 1. The van der Waals surface area contributed by atoms with E-state index in [1.807, 2.05) is 29.2 Å². The number of methoxy groups -OCH3 is 1. The molecule has 1 unspecified atom stereocenters. The van der Waals surface area contributed by atoms with E-state index in [1.165, 1.54) is 0 Å². The first-order valence-electron chi connectivity index (χ1n) is 6.19. The Balaban J connectivity index is 2.83. The third-order valence-electron chi connectivity index (χ3n) is 3.03. The molecule has 1 atom stereocenters. The highest BCUT2D eigenvalue weighted by Gasteiger charge is 2.19. The molecule has 0 spiro atoms. The van der Waals surface area contributed by atoms with Crippen LogP contribution in [0.15, 0.2) is 29.2 Å². The standard InChI is InChI=1S/C14H21NO2S/c1-4-11(2)15(9-10-17-3)14(16)12-5-7-13(18)8-6-12/h5-8,11,18H,4,9-10H2,1-3H3. The first kappa shape index (κ1) is 15.1. The second kappa shape index (κ2) is 7.44. The molecule has 0 aromatic heterocycles. The van der Waals surface area contributed by atoms with Crippen LogP contribution in [0.5, 0.6) is 0 Å². The molecule has 3 nitrogen and oxygen atoms in total. The van der Waals surface area contributed by atoms with E-state index >= 15 is 0 Å². The highest BCUT2D eigenvalue weighted by Crippen LogP contribution is 2.13. The Kier molecular flexibility index (Phi) is 6.22. The molecule has 0 saturated carbocycles. The lowest BCUT2D eigenvalue weighted by atomic mass is 10.1. The van der Waals surface area contributed by atoms with Crippen LogP contribution in [0.2, 0.25) is 0 Å². The maximum atomic E-state index is 12.4. The fourth-order valence-electron chi connectivity index (χ4n) is 1.70. The van der Waals surface area contributed by atoms with Crippen molar-refractivity contribution in [2.45, 2.75) is 31.2 Å². The van der Waals surface area contributed by atoms with Crippen LogP contribution in [0.3, 0.4) is 0 Å². The van der Waals surface area contributed by atoms with Crippen molar-refractivity contribution in [2.75, 3.05) is 20.3 Å². The normalized spacial score (nSPS) is 12.2. The number of ether oxygens (including phenoxy) is 1. The quantitative estimate of drug-likeness (QED) is 0.803. The van der Waals surface area contributed by atoms with E-state index in [-0.39, 0.29) is 11.9 Å². The summed E-state index contributed by atoms with van der Waals surface area (Å²) in [5, 5.41) is 0. The highest BCUT2D eigenvalue weighted by molar-refractivity contribution is 7.80. The van der Waals surface area contributed by atoms with Gasteiger partial charge in [0.1, 0.15) is 0 Å². The highest BCUT2D eigenvalue weighted by atomic mass is 32.1. The Morgan fingerprint density at radius 3 is 2.50 bits per heavy atom. The number of rotatable bonds is 6. The largest absolute Gasteiger partial charge is 0.383 e. The summed E-state index contributed by atoms with van der Waals surface area (Å²) >= 11 is 4.22. The van der Waals surface area contributed by atoms with Gasteiger partial charge in [0.25, 0.3) is 5.91 Å². The van der Waals surface area contributed by atoms with Gasteiger partial charge in [-0.1, -0.05) is 6.92 Å². The van der Waals surface area contributed by atoms with Crippen LogP contribution < -0.4 is 0 Å². The minimum Gasteiger partial charge on any atom is -0.383 e. The van der Waals surface area contributed by atoms with Gasteiger partial charge in [-0.15, -0.1) is 12.6 Å². The molecule has 1 rings (SSSR count). The van der Waals surface area contributed by atoms with Crippen molar-refractivity contribution in [2.24, 2.45) is 0 Å². The second-order valence-electron chi connectivity index (χ2n) is 4.30. The first-order valence-corrected chi connectivity index (χ1v) is 6.63. The van der Waals surface area contributed by atoms with Gasteiger partial charge in [0, 0.05) is 30.2 Å². The maximum Gasteiger partial charge on any atom is 0.254 e. The molecule has 0 fully saturated rings. The van der Waals surface area contributed by atoms with Crippen LogP contribution in [0.25, 0.3) is 0 Å². The minimum absolute atomic E-state index is 0.0507. The third kappa shape index (κ3) is 4.03. The lowest BCUT2D eigenvalue weighted by Gasteiger charge is -2.28. The molecule has 0 bridgehead atoms. The molecule has 1 aromatic carbocycles. The second-order valence-corrected chi connectivity index (χ2v) is 4.81. The lowest BCUT2D eigenvalue weighted by molar-refractivity contribution is 0.0614. The van der Waals surface area contributed by atoms with Gasteiger partial charge in [-0.3, -0.25) is 4.79 Å². The summed E-state index contributed by atoms with van der Waals surface area (Å²) in [4.78, 5) is 15.1. The number of hydrogen-bond acceptors (Lipinski definition) is 3. The summed E-state index contributed by atoms with van der Waals surface area (Å²) in [5.74, 6) is 0.0507. The Hall–Kier alpha value is -1.00. The summed E-state index contributed by atoms with van der Waals surface area (Å²) in [6, 6.07) is 7.51. The molecule has 0 saturated heterocycles. The van der Waals surface area contributed by atoms with E-state index in [2.05, 4.69) is 26.5 Å². The summed E-state index contributed by atoms with van der Waals surface area (Å²) in [6.07, 6.45) is 0.931. The van der Waals surface area contributed by atoms with E-state index in [9.17, 15) is 4.79 Å². The molecular weight excluding hydrogens is 246 g/mol. The molecule has 0 heterocycles. The van der Waals surface area contributed by atoms with Gasteiger partial charge in [0.2, 0.25) is 0 Å². The van der Waals surface area contributed by atoms with Crippen molar-refractivity contribution >= 4 is 18.5 Å². The number of amides is 1. The van der Waals surface area contributed by atoms with Crippen LogP contribution in [-0.2, 0) is 4.74 Å². The number of hydrogen-bond donors (Lipinski definition) is 1. The fourth-order valence-corrected chi connectivity index (χ4v) is 1.85. The summed E-state index contributed by atoms with van der Waals surface area (Å²) in [7, 11) is 1.65. The molecular formula is C14H21NO2S. The van der Waals surface area contributed by atoms with E-state index in [0.717, 1.165) is 11.3 Å². The van der Waals surface area contributed by atoms with Gasteiger partial charge in [-0.25, -0.2) is 0 Å². The fraction of sp³-hybridized carbons (Fsp3) is 0.500. The molecule has 1 amide bonds. The Labute approximate surface area is 115 Å². The van der Waals surface area contributed by atoms with Crippen LogP contribution in [-0.4, -0.2) is 37.1 Å². The molecule has 4 heteroatoms. The molecule has 100 valence electrons. The Bertz CT molecular complexity index is 378. The summed E-state index contributed by atoms with van der Waals surface area (Å²) in [6.45, 7) is 5.31. The monoisotopic (exact) mass is 267 g/mol. The minimum atomic E-state index is 0.0507. The predicted molar refractivity (Wildman–Crippen MR) is 76.4 cm³/mol. The van der Waals surface area contributed by atoms with Crippen molar-refractivity contribution in [1.82, 2.24) is 4.90 Å². The predicted octanol–water partition coefficient (Wildman–Crippen LogP) is 2.86. The number of thiol groups is 1. The van der Waals surface area contributed by atoms with Gasteiger partial charge in [0.05, 0.1) is 6.61 Å². The zero-order valence-electron chi connectivity index (χ0n) is 11.2. The molecule has 1 aromatic rings. The zero-order chi connectivity index (χ0) is 13.5. The number of carbonyl (C=O) groups excluding carboxylic acids is 1. The summed E-state index contributed by atoms with van der Waals surface area (Å²) < 4.78 is 5.07. The van der Waals surface area contributed by atoms with Crippen LogP contribution in [0, 0.1) is 0 Å². The molecule has 0 aliphatic rings. The Morgan fingerprint density at radius 1 is 1.39 bits per heavy atom. The molecule has 0 aliphatic heterocycles. The van der Waals surface area contributed by atoms with Gasteiger partial charge < -0.3 is 9.64 Å². The SMILES string of the molecule is CCC(C)N(CCOC)C(=O)c1ccc(S)cc1. The average molecular weight is 267 g/mol. The maximum absolute atomic E-state index is 12.4. The van der Waals surface area contributed by atoms with E-state index in [1.54, 1.807) is 7.11 Å². The van der Waals surface area contributed by atoms with Crippen molar-refractivity contribution < 1.29 is 9.53 Å². The van der Waals surface area contributed by atoms with Crippen LogP contribution >= 0.6 is 12.6 Å². The molecule has 0 aliphatic carbocycles. The van der Waals surface area contributed by atoms with Gasteiger partial charge >= 0.3 is 0 Å². The van der Waals surface area contributed by atoms with Crippen molar-refractivity contribution in [3.8, 4) is 0 Å². The van der Waals surface area contributed by atoms with Crippen molar-refractivity contribution in [1.29, 1.82) is 0 Å². The molecule has 0 radical (unpaired) electrons. The van der Waals surface area contributed by atoms with Gasteiger partial charge in [-0.2, -0.15) is 0 Å². The first-order chi connectivity index (χ1) is 8.60. The molecule has 18 heavy (non-hydrogen) atoms. The third-order valence-corrected chi connectivity index (χ3v) is 3.33.